The van der Waals surface area contributed by atoms with E-state index < -0.39 is 0 Å². The number of hydrogen-bond donors (Lipinski definition) is 0. The lowest BCUT2D eigenvalue weighted by molar-refractivity contribution is 0.0978. The SMILES string of the molecule is CCOc1ccc2nc(N(CCN(CC)CC)C(=O)c3cc(C)n(C(C)C)n3)sc2c1. The molecule has 0 N–H and O–H groups in total. The Morgan fingerprint density at radius 1 is 1.16 bits per heavy atom. The summed E-state index contributed by atoms with van der Waals surface area (Å²) in [5.41, 5.74) is 2.31. The Balaban J connectivity index is 1.96. The van der Waals surface area contributed by atoms with Gasteiger partial charge in [0, 0.05) is 24.8 Å². The summed E-state index contributed by atoms with van der Waals surface area (Å²) in [5, 5.41) is 5.28. The van der Waals surface area contributed by atoms with E-state index >= 15 is 0 Å². The van der Waals surface area contributed by atoms with E-state index in [1.165, 1.54) is 11.3 Å². The number of nitrogens with zero attached hydrogens (tertiary/aromatic N) is 5. The zero-order valence-corrected chi connectivity index (χ0v) is 20.2. The maximum absolute atomic E-state index is 13.5. The molecule has 0 radical (unpaired) electrons. The van der Waals surface area contributed by atoms with Crippen molar-refractivity contribution in [2.75, 3.05) is 37.7 Å². The smallest absolute Gasteiger partial charge is 0.280 e. The van der Waals surface area contributed by atoms with Crippen LogP contribution in [0.2, 0.25) is 0 Å². The summed E-state index contributed by atoms with van der Waals surface area (Å²) >= 11 is 1.51. The van der Waals surface area contributed by atoms with Gasteiger partial charge in [-0.2, -0.15) is 5.10 Å². The number of carbonyl (C=O) groups is 1. The number of fused-ring (bicyclic) bond motifs is 1. The maximum Gasteiger partial charge on any atom is 0.280 e. The molecule has 0 aliphatic heterocycles. The van der Waals surface area contributed by atoms with E-state index in [2.05, 4.69) is 37.7 Å². The zero-order chi connectivity index (χ0) is 22.5. The first-order valence-electron chi connectivity index (χ1n) is 11.0. The number of amides is 1. The van der Waals surface area contributed by atoms with Gasteiger partial charge in [0.2, 0.25) is 0 Å². The maximum atomic E-state index is 13.5. The Morgan fingerprint density at radius 3 is 2.52 bits per heavy atom. The van der Waals surface area contributed by atoms with Crippen molar-refractivity contribution in [2.45, 2.75) is 47.6 Å². The van der Waals surface area contributed by atoms with Crippen LogP contribution in [0.5, 0.6) is 5.75 Å². The quantitative estimate of drug-likeness (QED) is 0.452. The summed E-state index contributed by atoms with van der Waals surface area (Å²) in [4.78, 5) is 22.4. The molecular weight excluding hydrogens is 410 g/mol. The fourth-order valence-electron chi connectivity index (χ4n) is 3.58. The first kappa shape index (κ1) is 23.2. The van der Waals surface area contributed by atoms with Crippen molar-refractivity contribution in [3.05, 3.63) is 35.7 Å². The average molecular weight is 444 g/mol. The summed E-state index contributed by atoms with van der Waals surface area (Å²) in [6.45, 7) is 16.2. The minimum absolute atomic E-state index is 0.112. The molecule has 2 aromatic heterocycles. The first-order chi connectivity index (χ1) is 14.9. The third-order valence-electron chi connectivity index (χ3n) is 5.30. The number of benzene rings is 1. The molecule has 0 saturated carbocycles. The fraction of sp³-hybridized carbons (Fsp3) is 0.522. The van der Waals surface area contributed by atoms with E-state index in [4.69, 9.17) is 9.72 Å². The van der Waals surface area contributed by atoms with Crippen LogP contribution in [-0.4, -0.2) is 58.4 Å². The molecule has 1 amide bonds. The van der Waals surface area contributed by atoms with E-state index in [0.717, 1.165) is 41.3 Å². The molecular formula is C23H33N5O2S. The minimum atomic E-state index is -0.112. The second-order valence-electron chi connectivity index (χ2n) is 7.75. The fourth-order valence-corrected chi connectivity index (χ4v) is 4.60. The van der Waals surface area contributed by atoms with Gasteiger partial charge in [-0.1, -0.05) is 25.2 Å². The van der Waals surface area contributed by atoms with Crippen LogP contribution in [0.4, 0.5) is 5.13 Å². The van der Waals surface area contributed by atoms with Crippen molar-refractivity contribution in [1.29, 1.82) is 0 Å². The van der Waals surface area contributed by atoms with Crippen LogP contribution in [0.25, 0.3) is 10.2 Å². The van der Waals surface area contributed by atoms with Crippen LogP contribution in [0.15, 0.2) is 24.3 Å². The zero-order valence-electron chi connectivity index (χ0n) is 19.4. The lowest BCUT2D eigenvalue weighted by Crippen LogP contribution is -2.39. The molecule has 8 heteroatoms. The van der Waals surface area contributed by atoms with Gasteiger partial charge < -0.3 is 9.64 Å². The number of rotatable bonds is 10. The van der Waals surface area contributed by atoms with E-state index in [9.17, 15) is 4.79 Å². The second-order valence-corrected chi connectivity index (χ2v) is 8.76. The van der Waals surface area contributed by atoms with Crippen LogP contribution in [0, 0.1) is 6.92 Å². The topological polar surface area (TPSA) is 63.5 Å². The van der Waals surface area contributed by atoms with Crippen LogP contribution in [-0.2, 0) is 0 Å². The summed E-state index contributed by atoms with van der Waals surface area (Å²) in [7, 11) is 0. The lowest BCUT2D eigenvalue weighted by Gasteiger charge is -2.24. The van der Waals surface area contributed by atoms with Crippen molar-refractivity contribution >= 4 is 32.6 Å². The third kappa shape index (κ3) is 5.25. The number of aryl methyl sites for hydroxylation is 1. The highest BCUT2D eigenvalue weighted by Gasteiger charge is 2.25. The molecule has 3 aromatic rings. The molecule has 1 aromatic carbocycles. The molecule has 0 saturated heterocycles. The normalized spacial score (nSPS) is 11.6. The molecule has 3 rings (SSSR count). The molecule has 7 nitrogen and oxygen atoms in total. The van der Waals surface area contributed by atoms with Crippen molar-refractivity contribution in [3.8, 4) is 5.75 Å². The summed E-state index contributed by atoms with van der Waals surface area (Å²) < 4.78 is 8.52. The lowest BCUT2D eigenvalue weighted by atomic mass is 10.3. The van der Waals surface area contributed by atoms with Gasteiger partial charge in [0.15, 0.2) is 10.8 Å². The Hall–Kier alpha value is -2.45. The number of likely N-dealkylation sites (N-methyl/N-ethyl adjacent to an activating group) is 1. The van der Waals surface area contributed by atoms with Gasteiger partial charge in [0.25, 0.3) is 5.91 Å². The number of anilines is 1. The predicted molar refractivity (Wildman–Crippen MR) is 128 cm³/mol. The Kier molecular flexibility index (Phi) is 7.67. The second kappa shape index (κ2) is 10.2. The number of hydrogen-bond acceptors (Lipinski definition) is 6. The molecule has 0 aliphatic rings. The van der Waals surface area contributed by atoms with Gasteiger partial charge >= 0.3 is 0 Å². The van der Waals surface area contributed by atoms with E-state index in [1.54, 1.807) is 4.90 Å². The highest BCUT2D eigenvalue weighted by molar-refractivity contribution is 7.22. The van der Waals surface area contributed by atoms with Crippen molar-refractivity contribution in [3.63, 3.8) is 0 Å². The van der Waals surface area contributed by atoms with Crippen molar-refractivity contribution < 1.29 is 9.53 Å². The molecule has 0 fully saturated rings. The van der Waals surface area contributed by atoms with Gasteiger partial charge in [-0.15, -0.1) is 0 Å². The molecule has 168 valence electrons. The monoisotopic (exact) mass is 443 g/mol. The van der Waals surface area contributed by atoms with E-state index in [0.29, 0.717) is 24.0 Å². The molecule has 31 heavy (non-hydrogen) atoms. The number of aromatic nitrogens is 3. The van der Waals surface area contributed by atoms with Crippen molar-refractivity contribution in [1.82, 2.24) is 19.7 Å². The summed E-state index contributed by atoms with van der Waals surface area (Å²) in [6, 6.07) is 7.93. The molecule has 0 atom stereocenters. The van der Waals surface area contributed by atoms with Gasteiger partial charge in [0.05, 0.1) is 16.8 Å². The standard InChI is InChI=1S/C23H33N5O2S/c1-7-26(8-2)12-13-27(22(29)20-14-17(6)28(25-20)16(4)5)23-24-19-11-10-18(30-9-3)15-21(19)31-23/h10-11,14-16H,7-9,12-13H2,1-6H3. The molecule has 0 bridgehead atoms. The molecule has 0 spiro atoms. The molecule has 2 heterocycles. The van der Waals surface area contributed by atoms with Gasteiger partial charge in [-0.3, -0.25) is 14.4 Å². The largest absolute Gasteiger partial charge is 0.494 e. The highest BCUT2D eigenvalue weighted by Crippen LogP contribution is 2.32. The molecule has 0 aliphatic carbocycles. The number of ether oxygens (including phenoxy) is 1. The third-order valence-corrected chi connectivity index (χ3v) is 6.34. The highest BCUT2D eigenvalue weighted by atomic mass is 32.1. The predicted octanol–water partition coefficient (Wildman–Crippen LogP) is 4.77. The molecule has 0 unspecified atom stereocenters. The first-order valence-corrected chi connectivity index (χ1v) is 11.8. The van der Waals surface area contributed by atoms with Crippen LogP contribution in [0.1, 0.15) is 56.8 Å². The Labute approximate surface area is 188 Å². The summed E-state index contributed by atoms with van der Waals surface area (Å²) in [5.74, 6) is 0.705. The van der Waals surface area contributed by atoms with Gasteiger partial charge in [0.1, 0.15) is 5.75 Å². The average Bonchev–Trinajstić information content (AvgIpc) is 3.34. The van der Waals surface area contributed by atoms with Gasteiger partial charge in [-0.25, -0.2) is 4.98 Å². The van der Waals surface area contributed by atoms with Crippen LogP contribution < -0.4 is 9.64 Å². The van der Waals surface area contributed by atoms with Crippen molar-refractivity contribution in [2.24, 2.45) is 0 Å². The van der Waals surface area contributed by atoms with E-state index in [1.807, 2.05) is 42.8 Å². The Bertz CT molecular complexity index is 1020. The van der Waals surface area contributed by atoms with Crippen LogP contribution >= 0.6 is 11.3 Å². The van der Waals surface area contributed by atoms with Crippen LogP contribution in [0.3, 0.4) is 0 Å². The minimum Gasteiger partial charge on any atom is -0.494 e. The summed E-state index contributed by atoms with van der Waals surface area (Å²) in [6.07, 6.45) is 0. The Morgan fingerprint density at radius 2 is 1.90 bits per heavy atom. The van der Waals surface area contributed by atoms with Gasteiger partial charge in [-0.05, 0) is 65.0 Å². The number of thiazole rings is 1. The van der Waals surface area contributed by atoms with E-state index in [-0.39, 0.29) is 11.9 Å². The number of carbonyl (C=O) groups excluding carboxylic acids is 1.